The summed E-state index contributed by atoms with van der Waals surface area (Å²) in [7, 11) is 0. The number of carbonyl (C=O) groups excluding carboxylic acids is 2. The molecule has 7 nitrogen and oxygen atoms in total. The highest BCUT2D eigenvalue weighted by molar-refractivity contribution is 5.99. The SMILES string of the molecule is NC(=O)c1ccc(N2CCCN(C(c3ccc(F)cc3)c3ccc(F)cc3)CC2)c(NC(=O)NC2CCCCC2)c1. The first kappa shape index (κ1) is 28.5. The molecule has 0 spiro atoms. The molecule has 1 saturated carbocycles. The van der Waals surface area contributed by atoms with Gasteiger partial charge in [0.15, 0.2) is 0 Å². The molecule has 9 heteroatoms. The van der Waals surface area contributed by atoms with Gasteiger partial charge in [-0.05, 0) is 72.9 Å². The fourth-order valence-electron chi connectivity index (χ4n) is 6.00. The Hall–Kier alpha value is -3.98. The Balaban J connectivity index is 1.37. The Morgan fingerprint density at radius 1 is 0.780 bits per heavy atom. The number of primary amides is 1. The average molecular weight is 562 g/mol. The van der Waals surface area contributed by atoms with E-state index in [-0.39, 0.29) is 29.7 Å². The minimum Gasteiger partial charge on any atom is -0.369 e. The number of rotatable bonds is 7. The van der Waals surface area contributed by atoms with Gasteiger partial charge in [0, 0.05) is 37.8 Å². The highest BCUT2D eigenvalue weighted by Crippen LogP contribution is 2.33. The molecular weight excluding hydrogens is 524 g/mol. The predicted octanol–water partition coefficient (Wildman–Crippen LogP) is 5.82. The van der Waals surface area contributed by atoms with Crippen molar-refractivity contribution < 1.29 is 18.4 Å². The van der Waals surface area contributed by atoms with Crippen LogP contribution in [0, 0.1) is 11.6 Å². The summed E-state index contributed by atoms with van der Waals surface area (Å²) in [5.74, 6) is -1.17. The van der Waals surface area contributed by atoms with Gasteiger partial charge in [0.2, 0.25) is 5.91 Å². The zero-order chi connectivity index (χ0) is 28.8. The van der Waals surface area contributed by atoms with Crippen LogP contribution in [0.5, 0.6) is 0 Å². The van der Waals surface area contributed by atoms with Gasteiger partial charge in [-0.25, -0.2) is 13.6 Å². The fraction of sp³-hybridized carbons (Fsp3) is 0.375. The van der Waals surface area contributed by atoms with Crippen LogP contribution in [0.15, 0.2) is 66.7 Å². The van der Waals surface area contributed by atoms with Crippen molar-refractivity contribution in [1.29, 1.82) is 0 Å². The summed E-state index contributed by atoms with van der Waals surface area (Å²) in [4.78, 5) is 29.4. The molecule has 216 valence electrons. The highest BCUT2D eigenvalue weighted by atomic mass is 19.1. The number of hydrogen-bond acceptors (Lipinski definition) is 4. The number of carbonyl (C=O) groups is 2. The molecule has 1 heterocycles. The Kier molecular flexibility index (Phi) is 9.14. The van der Waals surface area contributed by atoms with Crippen LogP contribution in [-0.2, 0) is 0 Å². The molecule has 3 amide bonds. The van der Waals surface area contributed by atoms with Gasteiger partial charge in [-0.2, -0.15) is 0 Å². The molecule has 2 fully saturated rings. The van der Waals surface area contributed by atoms with Crippen molar-refractivity contribution in [2.75, 3.05) is 36.4 Å². The van der Waals surface area contributed by atoms with Crippen LogP contribution in [0.4, 0.5) is 25.0 Å². The van der Waals surface area contributed by atoms with E-state index in [0.717, 1.165) is 62.0 Å². The molecule has 0 radical (unpaired) electrons. The molecule has 0 unspecified atom stereocenters. The van der Waals surface area contributed by atoms with Crippen molar-refractivity contribution in [2.24, 2.45) is 5.73 Å². The van der Waals surface area contributed by atoms with E-state index in [1.165, 1.54) is 30.7 Å². The van der Waals surface area contributed by atoms with Crippen LogP contribution in [-0.4, -0.2) is 49.1 Å². The quantitative estimate of drug-likeness (QED) is 0.339. The molecule has 1 saturated heterocycles. The molecule has 3 aromatic carbocycles. The summed E-state index contributed by atoms with van der Waals surface area (Å²) in [5.41, 5.74) is 9.10. The van der Waals surface area contributed by atoms with E-state index < -0.39 is 5.91 Å². The lowest BCUT2D eigenvalue weighted by Gasteiger charge is -2.32. The monoisotopic (exact) mass is 561 g/mol. The smallest absolute Gasteiger partial charge is 0.319 e. The van der Waals surface area contributed by atoms with Crippen LogP contribution in [0.25, 0.3) is 0 Å². The average Bonchev–Trinajstić information content (AvgIpc) is 3.22. The Morgan fingerprint density at radius 3 is 2.02 bits per heavy atom. The van der Waals surface area contributed by atoms with Gasteiger partial charge in [-0.3, -0.25) is 9.69 Å². The summed E-state index contributed by atoms with van der Waals surface area (Å²) in [6.45, 7) is 2.81. The van der Waals surface area contributed by atoms with Gasteiger partial charge in [0.1, 0.15) is 11.6 Å². The lowest BCUT2D eigenvalue weighted by atomic mass is 9.96. The summed E-state index contributed by atoms with van der Waals surface area (Å²) in [5, 5.41) is 6.06. The van der Waals surface area contributed by atoms with Crippen molar-refractivity contribution in [3.8, 4) is 0 Å². The molecule has 4 N–H and O–H groups in total. The minimum absolute atomic E-state index is 0.146. The van der Waals surface area contributed by atoms with E-state index in [1.54, 1.807) is 36.4 Å². The van der Waals surface area contributed by atoms with Gasteiger partial charge in [-0.15, -0.1) is 0 Å². The van der Waals surface area contributed by atoms with Gasteiger partial charge < -0.3 is 21.3 Å². The van der Waals surface area contributed by atoms with E-state index in [4.69, 9.17) is 5.73 Å². The predicted molar refractivity (Wildman–Crippen MR) is 157 cm³/mol. The second-order valence-electron chi connectivity index (χ2n) is 10.9. The first-order valence-corrected chi connectivity index (χ1v) is 14.4. The van der Waals surface area contributed by atoms with Crippen LogP contribution >= 0.6 is 0 Å². The number of nitrogens with zero attached hydrogens (tertiary/aromatic N) is 2. The van der Waals surface area contributed by atoms with Crippen molar-refractivity contribution in [3.05, 3.63) is 95.1 Å². The molecular formula is C32H37F2N5O2. The summed E-state index contributed by atoms with van der Waals surface area (Å²) in [6.07, 6.45) is 6.16. The van der Waals surface area contributed by atoms with Crippen LogP contribution in [0.2, 0.25) is 0 Å². The number of nitrogens with two attached hydrogens (primary N) is 1. The lowest BCUT2D eigenvalue weighted by Crippen LogP contribution is -2.39. The zero-order valence-electron chi connectivity index (χ0n) is 23.1. The Morgan fingerprint density at radius 2 is 1.41 bits per heavy atom. The number of benzene rings is 3. The van der Waals surface area contributed by atoms with Crippen molar-refractivity contribution >= 4 is 23.3 Å². The lowest BCUT2D eigenvalue weighted by molar-refractivity contribution is 0.1000. The van der Waals surface area contributed by atoms with Gasteiger partial charge >= 0.3 is 6.03 Å². The van der Waals surface area contributed by atoms with E-state index >= 15 is 0 Å². The number of amides is 3. The van der Waals surface area contributed by atoms with Crippen LogP contribution in [0.1, 0.15) is 66.1 Å². The van der Waals surface area contributed by atoms with Crippen LogP contribution < -0.4 is 21.3 Å². The molecule has 0 atom stereocenters. The second kappa shape index (κ2) is 13.1. The van der Waals surface area contributed by atoms with E-state index in [2.05, 4.69) is 20.4 Å². The number of halogens is 2. The minimum atomic E-state index is -0.559. The molecule has 41 heavy (non-hydrogen) atoms. The summed E-state index contributed by atoms with van der Waals surface area (Å²) >= 11 is 0. The third-order valence-corrected chi connectivity index (χ3v) is 8.08. The maximum absolute atomic E-state index is 13.8. The normalized spacial score (nSPS) is 16.8. The number of nitrogens with one attached hydrogen (secondary N) is 2. The largest absolute Gasteiger partial charge is 0.369 e. The summed E-state index contributed by atoms with van der Waals surface area (Å²) in [6, 6.07) is 17.8. The third-order valence-electron chi connectivity index (χ3n) is 8.08. The van der Waals surface area contributed by atoms with E-state index in [0.29, 0.717) is 24.3 Å². The maximum atomic E-state index is 13.8. The van der Waals surface area contributed by atoms with Crippen LogP contribution in [0.3, 0.4) is 0 Å². The number of hydrogen-bond donors (Lipinski definition) is 3. The van der Waals surface area contributed by atoms with Gasteiger partial charge in [-0.1, -0.05) is 43.5 Å². The summed E-state index contributed by atoms with van der Waals surface area (Å²) < 4.78 is 27.5. The molecule has 0 aromatic heterocycles. The molecule has 3 aromatic rings. The number of urea groups is 1. The topological polar surface area (TPSA) is 90.7 Å². The van der Waals surface area contributed by atoms with E-state index in [9.17, 15) is 18.4 Å². The standard InChI is InChI=1S/C32H37F2N5O2/c33-25-12-7-22(8-13-25)30(23-9-14-26(34)15-10-23)39-18-4-17-38(19-20-39)29-16-11-24(31(35)40)21-28(29)37-32(41)36-27-5-2-1-3-6-27/h7-16,21,27,30H,1-6,17-20H2,(H2,35,40)(H2,36,37,41). The Labute approximate surface area is 239 Å². The zero-order valence-corrected chi connectivity index (χ0v) is 23.1. The van der Waals surface area contributed by atoms with Crippen molar-refractivity contribution in [2.45, 2.75) is 50.6 Å². The maximum Gasteiger partial charge on any atom is 0.319 e. The van der Waals surface area contributed by atoms with Gasteiger partial charge in [0.25, 0.3) is 0 Å². The molecule has 1 aliphatic heterocycles. The third kappa shape index (κ3) is 7.21. The highest BCUT2D eigenvalue weighted by Gasteiger charge is 2.27. The molecule has 1 aliphatic carbocycles. The van der Waals surface area contributed by atoms with Crippen molar-refractivity contribution in [3.63, 3.8) is 0 Å². The van der Waals surface area contributed by atoms with Crippen molar-refractivity contribution in [1.82, 2.24) is 10.2 Å². The Bertz CT molecular complexity index is 1300. The van der Waals surface area contributed by atoms with Gasteiger partial charge in [0.05, 0.1) is 17.4 Å². The first-order valence-electron chi connectivity index (χ1n) is 14.4. The molecule has 5 rings (SSSR count). The fourth-order valence-corrected chi connectivity index (χ4v) is 6.00. The second-order valence-corrected chi connectivity index (χ2v) is 10.9. The van der Waals surface area contributed by atoms with E-state index in [1.807, 2.05) is 6.07 Å². The first-order chi connectivity index (χ1) is 19.9. The molecule has 0 bridgehead atoms. The molecule has 2 aliphatic rings. The number of anilines is 2.